The third-order valence-electron chi connectivity index (χ3n) is 4.10. The minimum atomic E-state index is -3.71. The molecule has 0 heterocycles. The second-order valence-corrected chi connectivity index (χ2v) is 8.76. The quantitative estimate of drug-likeness (QED) is 0.639. The lowest BCUT2D eigenvalue weighted by Gasteiger charge is -2.23. The van der Waals surface area contributed by atoms with Crippen LogP contribution in [0.5, 0.6) is 0 Å². The Labute approximate surface area is 168 Å². The van der Waals surface area contributed by atoms with Gasteiger partial charge in [-0.25, -0.2) is 17.2 Å². The zero-order valence-electron chi connectivity index (χ0n) is 15.5. The highest BCUT2D eigenvalue weighted by molar-refractivity contribution is 7.92. The van der Waals surface area contributed by atoms with Crippen molar-refractivity contribution in [2.24, 2.45) is 0 Å². The van der Waals surface area contributed by atoms with Crippen LogP contribution in [0.25, 0.3) is 0 Å². The van der Waals surface area contributed by atoms with E-state index in [1.165, 1.54) is 11.0 Å². The average Bonchev–Trinajstić information content (AvgIpc) is 2.62. The van der Waals surface area contributed by atoms with Gasteiger partial charge in [-0.05, 0) is 36.2 Å². The van der Waals surface area contributed by atoms with E-state index in [2.05, 4.69) is 0 Å². The molecule has 0 spiro atoms. The van der Waals surface area contributed by atoms with Gasteiger partial charge in [-0.15, -0.1) is 0 Å². The number of hydrogen-bond acceptors (Lipinski definition) is 3. The lowest BCUT2D eigenvalue weighted by molar-refractivity contribution is -0.130. The van der Waals surface area contributed by atoms with E-state index in [1.807, 2.05) is 12.1 Å². The van der Waals surface area contributed by atoms with Gasteiger partial charge in [0.1, 0.15) is 0 Å². The standard InChI is InChI=1S/C19H21ClF2N2O3S/c1-23(13-14-5-7-15(20)8-6-14)19(25)4-3-11-24(28(2,26)27)16-9-10-17(21)18(22)12-16/h5-10,12H,3-4,11,13H2,1-2H3. The van der Waals surface area contributed by atoms with Gasteiger partial charge in [0, 0.05) is 37.6 Å². The second-order valence-electron chi connectivity index (χ2n) is 6.41. The first kappa shape index (κ1) is 22.1. The monoisotopic (exact) mass is 430 g/mol. The maximum absolute atomic E-state index is 13.5. The molecule has 5 nitrogen and oxygen atoms in total. The molecular formula is C19H21ClF2N2O3S. The molecule has 0 aliphatic rings. The van der Waals surface area contributed by atoms with E-state index >= 15 is 0 Å². The van der Waals surface area contributed by atoms with E-state index in [9.17, 15) is 22.0 Å². The molecule has 0 fully saturated rings. The molecule has 0 atom stereocenters. The molecule has 2 aromatic carbocycles. The van der Waals surface area contributed by atoms with Crippen LogP contribution in [0.15, 0.2) is 42.5 Å². The lowest BCUT2D eigenvalue weighted by atomic mass is 10.2. The highest BCUT2D eigenvalue weighted by Crippen LogP contribution is 2.21. The molecule has 152 valence electrons. The van der Waals surface area contributed by atoms with Crippen LogP contribution in [-0.2, 0) is 21.4 Å². The van der Waals surface area contributed by atoms with Gasteiger partial charge in [0.25, 0.3) is 0 Å². The number of amides is 1. The molecule has 0 aliphatic carbocycles. The predicted molar refractivity (Wildman–Crippen MR) is 106 cm³/mol. The summed E-state index contributed by atoms with van der Waals surface area (Å²) in [5.41, 5.74) is 0.933. The molecule has 1 amide bonds. The topological polar surface area (TPSA) is 57.7 Å². The van der Waals surface area contributed by atoms with Crippen molar-refractivity contribution in [2.75, 3.05) is 24.2 Å². The summed E-state index contributed by atoms with van der Waals surface area (Å²) < 4.78 is 51.5. The first-order chi connectivity index (χ1) is 13.1. The Balaban J connectivity index is 1.96. The molecular weight excluding hydrogens is 410 g/mol. The summed E-state index contributed by atoms with van der Waals surface area (Å²) in [6.45, 7) is 0.374. The van der Waals surface area contributed by atoms with E-state index in [0.717, 1.165) is 28.3 Å². The molecule has 2 rings (SSSR count). The van der Waals surface area contributed by atoms with Crippen LogP contribution in [-0.4, -0.2) is 39.1 Å². The van der Waals surface area contributed by atoms with Crippen molar-refractivity contribution in [1.29, 1.82) is 0 Å². The van der Waals surface area contributed by atoms with Crippen LogP contribution in [0.2, 0.25) is 5.02 Å². The van der Waals surface area contributed by atoms with Gasteiger partial charge < -0.3 is 4.90 Å². The Kier molecular flexibility index (Phi) is 7.37. The number of nitrogens with zero attached hydrogens (tertiary/aromatic N) is 2. The third kappa shape index (κ3) is 6.17. The Bertz CT molecular complexity index is 937. The first-order valence-electron chi connectivity index (χ1n) is 8.49. The number of rotatable bonds is 8. The van der Waals surface area contributed by atoms with Gasteiger partial charge in [-0.2, -0.15) is 0 Å². The van der Waals surface area contributed by atoms with Crippen molar-refractivity contribution in [3.8, 4) is 0 Å². The van der Waals surface area contributed by atoms with Gasteiger partial charge in [0.2, 0.25) is 15.9 Å². The predicted octanol–water partition coefficient (Wildman–Crippen LogP) is 3.82. The van der Waals surface area contributed by atoms with Gasteiger partial charge in [-0.1, -0.05) is 23.7 Å². The van der Waals surface area contributed by atoms with Crippen molar-refractivity contribution >= 4 is 33.2 Å². The van der Waals surface area contributed by atoms with Crippen LogP contribution >= 0.6 is 11.6 Å². The van der Waals surface area contributed by atoms with Gasteiger partial charge in [0.05, 0.1) is 11.9 Å². The van der Waals surface area contributed by atoms with Gasteiger partial charge in [-0.3, -0.25) is 9.10 Å². The summed E-state index contributed by atoms with van der Waals surface area (Å²) in [6.07, 6.45) is 1.32. The second kappa shape index (κ2) is 9.34. The number of carbonyl (C=O) groups is 1. The molecule has 0 radical (unpaired) electrons. The molecule has 0 saturated heterocycles. The third-order valence-corrected chi connectivity index (χ3v) is 5.55. The fourth-order valence-electron chi connectivity index (χ4n) is 2.64. The van der Waals surface area contributed by atoms with Crippen LogP contribution in [0, 0.1) is 11.6 Å². The molecule has 9 heteroatoms. The van der Waals surface area contributed by atoms with E-state index < -0.39 is 21.7 Å². The fraction of sp³-hybridized carbons (Fsp3) is 0.316. The molecule has 0 unspecified atom stereocenters. The molecule has 0 aliphatic heterocycles. The maximum atomic E-state index is 13.5. The van der Waals surface area contributed by atoms with E-state index in [0.29, 0.717) is 11.6 Å². The molecule has 2 aromatic rings. The number of anilines is 1. The number of carbonyl (C=O) groups excluding carboxylic acids is 1. The van der Waals surface area contributed by atoms with E-state index in [1.54, 1.807) is 19.2 Å². The number of halogens is 3. The van der Waals surface area contributed by atoms with Crippen LogP contribution in [0.1, 0.15) is 18.4 Å². The van der Waals surface area contributed by atoms with Crippen molar-refractivity contribution in [3.63, 3.8) is 0 Å². The SMILES string of the molecule is CN(Cc1ccc(Cl)cc1)C(=O)CCCN(c1ccc(F)c(F)c1)S(C)(=O)=O. The van der Waals surface area contributed by atoms with Crippen molar-refractivity contribution < 1.29 is 22.0 Å². The summed E-state index contributed by atoms with van der Waals surface area (Å²) >= 11 is 5.84. The van der Waals surface area contributed by atoms with Gasteiger partial charge in [0.15, 0.2) is 11.6 Å². The minimum absolute atomic E-state index is 0.0170. The summed E-state index contributed by atoms with van der Waals surface area (Å²) in [4.78, 5) is 13.8. The van der Waals surface area contributed by atoms with Crippen molar-refractivity contribution in [3.05, 3.63) is 64.7 Å². The van der Waals surface area contributed by atoms with Crippen LogP contribution < -0.4 is 4.31 Å². The Hall–Kier alpha value is -2.19. The smallest absolute Gasteiger partial charge is 0.232 e. The number of hydrogen-bond donors (Lipinski definition) is 0. The average molecular weight is 431 g/mol. The highest BCUT2D eigenvalue weighted by atomic mass is 35.5. The Morgan fingerprint density at radius 2 is 1.71 bits per heavy atom. The maximum Gasteiger partial charge on any atom is 0.232 e. The molecule has 0 aromatic heterocycles. The van der Waals surface area contributed by atoms with E-state index in [-0.39, 0.29) is 31.0 Å². The van der Waals surface area contributed by atoms with Crippen LogP contribution in [0.3, 0.4) is 0 Å². The summed E-state index contributed by atoms with van der Waals surface area (Å²) in [6, 6.07) is 10.00. The molecule has 0 N–H and O–H groups in total. The van der Waals surface area contributed by atoms with E-state index in [4.69, 9.17) is 11.6 Å². The Morgan fingerprint density at radius 1 is 1.07 bits per heavy atom. The fourth-order valence-corrected chi connectivity index (χ4v) is 3.73. The van der Waals surface area contributed by atoms with Crippen molar-refractivity contribution in [1.82, 2.24) is 4.90 Å². The minimum Gasteiger partial charge on any atom is -0.341 e. The number of benzene rings is 2. The zero-order valence-corrected chi connectivity index (χ0v) is 17.1. The van der Waals surface area contributed by atoms with Crippen molar-refractivity contribution in [2.45, 2.75) is 19.4 Å². The lowest BCUT2D eigenvalue weighted by Crippen LogP contribution is -2.32. The molecule has 0 bridgehead atoms. The first-order valence-corrected chi connectivity index (χ1v) is 10.7. The summed E-state index contributed by atoms with van der Waals surface area (Å²) in [5.74, 6) is -2.35. The normalized spacial score (nSPS) is 11.3. The van der Waals surface area contributed by atoms with Gasteiger partial charge >= 0.3 is 0 Å². The molecule has 28 heavy (non-hydrogen) atoms. The summed E-state index contributed by atoms with van der Waals surface area (Å²) in [7, 11) is -2.06. The largest absolute Gasteiger partial charge is 0.341 e. The summed E-state index contributed by atoms with van der Waals surface area (Å²) in [5, 5.41) is 0.607. The Morgan fingerprint density at radius 3 is 2.29 bits per heavy atom. The van der Waals surface area contributed by atoms with Crippen LogP contribution in [0.4, 0.5) is 14.5 Å². The highest BCUT2D eigenvalue weighted by Gasteiger charge is 2.19. The zero-order chi connectivity index (χ0) is 20.9. The molecule has 0 saturated carbocycles. The number of sulfonamides is 1.